The Kier molecular flexibility index (Phi) is 5.61. The molecule has 2 aromatic heterocycles. The first-order valence-electron chi connectivity index (χ1n) is 11.4. The molecule has 2 N–H and O–H groups in total. The van der Waals surface area contributed by atoms with Crippen molar-refractivity contribution in [3.05, 3.63) is 76.7 Å². The van der Waals surface area contributed by atoms with Gasteiger partial charge in [0, 0.05) is 30.0 Å². The van der Waals surface area contributed by atoms with Crippen molar-refractivity contribution in [1.82, 2.24) is 30.3 Å². The number of carbonyl (C=O) groups is 3. The highest BCUT2D eigenvalue weighted by Crippen LogP contribution is 2.41. The highest BCUT2D eigenvalue weighted by molar-refractivity contribution is 6.05. The predicted octanol–water partition coefficient (Wildman–Crippen LogP) is 1.98. The molecule has 3 heterocycles. The van der Waals surface area contributed by atoms with E-state index in [-0.39, 0.29) is 36.9 Å². The van der Waals surface area contributed by atoms with Gasteiger partial charge < -0.3 is 15.5 Å². The zero-order chi connectivity index (χ0) is 23.8. The number of amides is 3. The number of fused-ring (bicyclic) bond motifs is 1. The average Bonchev–Trinajstić information content (AvgIpc) is 3.56. The smallest absolute Gasteiger partial charge is 0.255 e. The third-order valence-electron chi connectivity index (χ3n) is 6.14. The van der Waals surface area contributed by atoms with Crippen LogP contribution in [-0.4, -0.2) is 50.0 Å². The molecular formula is C25H26N6O3. The fourth-order valence-electron chi connectivity index (χ4n) is 4.37. The van der Waals surface area contributed by atoms with E-state index in [4.69, 9.17) is 0 Å². The zero-order valence-electron chi connectivity index (χ0n) is 19.1. The van der Waals surface area contributed by atoms with Gasteiger partial charge in [0.15, 0.2) is 5.82 Å². The molecule has 0 bridgehead atoms. The predicted molar refractivity (Wildman–Crippen MR) is 124 cm³/mol. The van der Waals surface area contributed by atoms with Crippen molar-refractivity contribution in [2.75, 3.05) is 6.54 Å². The van der Waals surface area contributed by atoms with E-state index in [1.807, 2.05) is 44.2 Å². The van der Waals surface area contributed by atoms with Crippen molar-refractivity contribution < 1.29 is 14.4 Å². The van der Waals surface area contributed by atoms with Gasteiger partial charge in [-0.1, -0.05) is 24.3 Å². The summed E-state index contributed by atoms with van der Waals surface area (Å²) in [6.07, 6.45) is 3.49. The maximum atomic E-state index is 13.0. The van der Waals surface area contributed by atoms with Crippen molar-refractivity contribution in [2.45, 2.75) is 45.3 Å². The fourth-order valence-corrected chi connectivity index (χ4v) is 4.37. The second-order valence-electron chi connectivity index (χ2n) is 8.79. The molecule has 3 amide bonds. The first kappa shape index (κ1) is 21.8. The summed E-state index contributed by atoms with van der Waals surface area (Å²) in [4.78, 5) is 44.2. The number of nitrogens with one attached hydrogen (secondary N) is 2. The van der Waals surface area contributed by atoms with Crippen molar-refractivity contribution in [1.29, 1.82) is 0 Å². The van der Waals surface area contributed by atoms with Crippen LogP contribution in [0.5, 0.6) is 0 Å². The summed E-state index contributed by atoms with van der Waals surface area (Å²) >= 11 is 0. The standard InChI is InChI=1S/C25H26N6O3/c1-15-11-16(2)31(29-15)21-10-7-17(12-26-21)13-27-22(32)14-28-24(33)23-19-5-3-4-6-20(19)25(34)30(23)18-8-9-18/h3-7,10-12,18,23H,8-9,13-14H2,1-2H3,(H,27,32)(H,28,33). The monoisotopic (exact) mass is 458 g/mol. The molecule has 34 heavy (non-hydrogen) atoms. The molecule has 1 unspecified atom stereocenters. The number of benzene rings is 1. The van der Waals surface area contributed by atoms with E-state index in [0.29, 0.717) is 16.9 Å². The van der Waals surface area contributed by atoms with Crippen LogP contribution >= 0.6 is 0 Å². The molecule has 9 nitrogen and oxygen atoms in total. The number of nitrogens with zero attached hydrogens (tertiary/aromatic N) is 4. The van der Waals surface area contributed by atoms with Crippen molar-refractivity contribution in [3.63, 3.8) is 0 Å². The third-order valence-corrected chi connectivity index (χ3v) is 6.14. The maximum Gasteiger partial charge on any atom is 0.255 e. The van der Waals surface area contributed by atoms with Gasteiger partial charge in [-0.25, -0.2) is 9.67 Å². The molecule has 1 atom stereocenters. The lowest BCUT2D eigenvalue weighted by Gasteiger charge is -2.24. The topological polar surface area (TPSA) is 109 Å². The highest BCUT2D eigenvalue weighted by Gasteiger charge is 2.47. The lowest BCUT2D eigenvalue weighted by atomic mass is 10.0. The maximum absolute atomic E-state index is 13.0. The number of aryl methyl sites for hydroxylation is 2. The van der Waals surface area contributed by atoms with Crippen molar-refractivity contribution >= 4 is 17.7 Å². The molecule has 5 rings (SSSR count). The number of hydrogen-bond donors (Lipinski definition) is 2. The van der Waals surface area contributed by atoms with Gasteiger partial charge >= 0.3 is 0 Å². The summed E-state index contributed by atoms with van der Waals surface area (Å²) in [5.41, 5.74) is 4.01. The Morgan fingerprint density at radius 1 is 1.09 bits per heavy atom. The first-order chi connectivity index (χ1) is 16.4. The van der Waals surface area contributed by atoms with Gasteiger partial charge in [0.05, 0.1) is 12.2 Å². The van der Waals surface area contributed by atoms with Gasteiger partial charge in [0.1, 0.15) is 6.04 Å². The molecule has 1 aliphatic heterocycles. The first-order valence-corrected chi connectivity index (χ1v) is 11.4. The molecule has 9 heteroatoms. The molecule has 1 saturated carbocycles. The van der Waals surface area contributed by atoms with E-state index in [1.54, 1.807) is 27.9 Å². The Hall–Kier alpha value is -4.01. The van der Waals surface area contributed by atoms with Crippen LogP contribution in [0, 0.1) is 13.8 Å². The quantitative estimate of drug-likeness (QED) is 0.563. The minimum absolute atomic E-state index is 0.0920. The Morgan fingerprint density at radius 2 is 1.88 bits per heavy atom. The lowest BCUT2D eigenvalue weighted by Crippen LogP contribution is -2.43. The number of carbonyl (C=O) groups excluding carboxylic acids is 3. The molecule has 174 valence electrons. The molecule has 0 saturated heterocycles. The van der Waals surface area contributed by atoms with Crippen LogP contribution in [0.1, 0.15) is 51.8 Å². The van der Waals surface area contributed by atoms with Crippen LogP contribution in [0.4, 0.5) is 0 Å². The van der Waals surface area contributed by atoms with E-state index in [2.05, 4.69) is 20.7 Å². The summed E-state index contributed by atoms with van der Waals surface area (Å²) in [5.74, 6) is -0.0542. The molecule has 1 fully saturated rings. The molecule has 0 radical (unpaired) electrons. The molecule has 2 aliphatic rings. The number of aromatic nitrogens is 3. The molecular weight excluding hydrogens is 432 g/mol. The van der Waals surface area contributed by atoms with E-state index < -0.39 is 6.04 Å². The van der Waals surface area contributed by atoms with E-state index >= 15 is 0 Å². The summed E-state index contributed by atoms with van der Waals surface area (Å²) in [7, 11) is 0. The molecule has 1 aromatic carbocycles. The SMILES string of the molecule is Cc1cc(C)n(-c2ccc(CNC(=O)CNC(=O)C3c4ccccc4C(=O)N3C3CC3)cn2)n1. The second-order valence-corrected chi connectivity index (χ2v) is 8.79. The van der Waals surface area contributed by atoms with Crippen molar-refractivity contribution in [3.8, 4) is 5.82 Å². The van der Waals surface area contributed by atoms with E-state index in [9.17, 15) is 14.4 Å². The van der Waals surface area contributed by atoms with Gasteiger partial charge in [0.2, 0.25) is 11.8 Å². The van der Waals surface area contributed by atoms with Crippen LogP contribution in [-0.2, 0) is 16.1 Å². The Balaban J connectivity index is 1.16. The van der Waals surface area contributed by atoms with Crippen LogP contribution < -0.4 is 10.6 Å². The second kappa shape index (κ2) is 8.74. The number of rotatable bonds is 7. The van der Waals surface area contributed by atoms with Crippen LogP contribution in [0.2, 0.25) is 0 Å². The lowest BCUT2D eigenvalue weighted by molar-refractivity contribution is -0.129. The average molecular weight is 459 g/mol. The largest absolute Gasteiger partial charge is 0.350 e. The van der Waals surface area contributed by atoms with Crippen LogP contribution in [0.3, 0.4) is 0 Å². The van der Waals surface area contributed by atoms with E-state index in [1.165, 1.54) is 0 Å². The molecule has 0 spiro atoms. The zero-order valence-corrected chi connectivity index (χ0v) is 19.1. The number of pyridine rings is 1. The summed E-state index contributed by atoms with van der Waals surface area (Å²) in [6.45, 7) is 4.02. The van der Waals surface area contributed by atoms with Gasteiger partial charge in [-0.15, -0.1) is 0 Å². The normalized spacial score (nSPS) is 16.9. The Morgan fingerprint density at radius 3 is 2.56 bits per heavy atom. The summed E-state index contributed by atoms with van der Waals surface area (Å²) < 4.78 is 1.77. The summed E-state index contributed by atoms with van der Waals surface area (Å²) in [5, 5.41) is 9.92. The minimum Gasteiger partial charge on any atom is -0.350 e. The fraction of sp³-hybridized carbons (Fsp3) is 0.320. The van der Waals surface area contributed by atoms with Crippen LogP contribution in [0.15, 0.2) is 48.7 Å². The van der Waals surface area contributed by atoms with Gasteiger partial charge in [-0.2, -0.15) is 5.10 Å². The van der Waals surface area contributed by atoms with E-state index in [0.717, 1.165) is 29.8 Å². The van der Waals surface area contributed by atoms with Gasteiger partial charge in [-0.3, -0.25) is 14.4 Å². The number of hydrogen-bond acceptors (Lipinski definition) is 5. The Bertz CT molecular complexity index is 1260. The third kappa shape index (κ3) is 4.16. The Labute approximate surface area is 197 Å². The minimum atomic E-state index is -0.685. The summed E-state index contributed by atoms with van der Waals surface area (Å²) in [6, 6.07) is 12.3. The van der Waals surface area contributed by atoms with Crippen LogP contribution in [0.25, 0.3) is 5.82 Å². The van der Waals surface area contributed by atoms with Crippen molar-refractivity contribution in [2.24, 2.45) is 0 Å². The molecule has 1 aliphatic carbocycles. The highest BCUT2D eigenvalue weighted by atomic mass is 16.2. The molecule has 3 aromatic rings. The van der Waals surface area contributed by atoms with Gasteiger partial charge in [-0.05, 0) is 56.0 Å². The van der Waals surface area contributed by atoms with Gasteiger partial charge in [0.25, 0.3) is 5.91 Å².